The van der Waals surface area contributed by atoms with Crippen molar-refractivity contribution in [3.8, 4) is 5.88 Å². The number of ether oxygens (including phenoxy) is 1. The van der Waals surface area contributed by atoms with Gasteiger partial charge in [0, 0.05) is 6.07 Å². The van der Waals surface area contributed by atoms with Crippen molar-refractivity contribution in [3.63, 3.8) is 0 Å². The summed E-state index contributed by atoms with van der Waals surface area (Å²) < 4.78 is 9.20. The van der Waals surface area contributed by atoms with E-state index < -0.39 is 5.97 Å². The van der Waals surface area contributed by atoms with Crippen molar-refractivity contribution in [2.75, 3.05) is 17.7 Å². The number of hydrogen-bond acceptors (Lipinski definition) is 9. The van der Waals surface area contributed by atoms with Gasteiger partial charge in [-0.1, -0.05) is 0 Å². The van der Waals surface area contributed by atoms with Gasteiger partial charge in [0.05, 0.1) is 42.1 Å². The fourth-order valence-electron chi connectivity index (χ4n) is 2.36. The molecule has 0 aliphatic rings. The molecule has 0 fully saturated rings. The lowest BCUT2D eigenvalue weighted by Gasteiger charge is -2.09. The van der Waals surface area contributed by atoms with Crippen molar-refractivity contribution in [1.29, 1.82) is 0 Å². The highest BCUT2D eigenvalue weighted by molar-refractivity contribution is 7.10. The second kappa shape index (κ2) is 7.96. The van der Waals surface area contributed by atoms with Crippen molar-refractivity contribution in [1.82, 2.24) is 19.3 Å². The van der Waals surface area contributed by atoms with E-state index in [9.17, 15) is 9.59 Å². The van der Waals surface area contributed by atoms with E-state index in [1.54, 1.807) is 26.0 Å². The minimum absolute atomic E-state index is 0.129. The molecule has 0 aromatic carbocycles. The number of carboxylic acid groups (broad SMARTS) is 1. The molecule has 3 N–H and O–H groups in total. The normalized spacial score (nSPS) is 10.4. The predicted molar refractivity (Wildman–Crippen MR) is 103 cm³/mol. The van der Waals surface area contributed by atoms with E-state index in [-0.39, 0.29) is 17.3 Å². The van der Waals surface area contributed by atoms with Gasteiger partial charge in [-0.15, -0.1) is 0 Å². The Balaban J connectivity index is 1.82. The third-order valence-electron chi connectivity index (χ3n) is 3.68. The van der Waals surface area contributed by atoms with Gasteiger partial charge in [0.2, 0.25) is 5.88 Å². The first-order valence-electron chi connectivity index (χ1n) is 8.00. The maximum absolute atomic E-state index is 12.7. The van der Waals surface area contributed by atoms with Gasteiger partial charge in [-0.2, -0.15) is 4.37 Å². The molecule has 28 heavy (non-hydrogen) atoms. The van der Waals surface area contributed by atoms with E-state index in [1.165, 1.54) is 19.5 Å². The molecule has 0 unspecified atom stereocenters. The fourth-order valence-corrected chi connectivity index (χ4v) is 3.16. The first-order valence-corrected chi connectivity index (χ1v) is 8.78. The number of nitrogens with zero attached hydrogens (tertiary/aromatic N) is 4. The maximum atomic E-state index is 12.7. The number of carboxylic acids is 1. The summed E-state index contributed by atoms with van der Waals surface area (Å²) in [6.45, 7) is 3.26. The number of carbonyl (C=O) groups is 2. The van der Waals surface area contributed by atoms with Gasteiger partial charge in [0.15, 0.2) is 5.69 Å². The molecule has 0 aliphatic carbocycles. The predicted octanol–water partition coefficient (Wildman–Crippen LogP) is 2.65. The summed E-state index contributed by atoms with van der Waals surface area (Å²) in [5.41, 5.74) is 1.52. The average Bonchev–Trinajstić information content (AvgIpc) is 3.02. The van der Waals surface area contributed by atoms with Gasteiger partial charge >= 0.3 is 5.97 Å². The summed E-state index contributed by atoms with van der Waals surface area (Å²) in [6, 6.07) is 3.31. The molecule has 11 heteroatoms. The molecule has 3 aromatic heterocycles. The smallest absolute Gasteiger partial charge is 0.356 e. The third-order valence-corrected chi connectivity index (χ3v) is 4.54. The molecule has 3 aromatic rings. The summed E-state index contributed by atoms with van der Waals surface area (Å²) in [7, 11) is 1.51. The first-order chi connectivity index (χ1) is 13.4. The molecule has 0 saturated heterocycles. The number of anilines is 3. The van der Waals surface area contributed by atoms with Crippen LogP contribution in [0.4, 0.5) is 16.5 Å². The summed E-state index contributed by atoms with van der Waals surface area (Å²) in [6.07, 6.45) is 2.78. The van der Waals surface area contributed by atoms with Gasteiger partial charge in [-0.05, 0) is 31.4 Å². The van der Waals surface area contributed by atoms with E-state index in [2.05, 4.69) is 30.0 Å². The molecule has 0 aliphatic heterocycles. The van der Waals surface area contributed by atoms with Crippen molar-refractivity contribution < 1.29 is 19.4 Å². The minimum atomic E-state index is -1.15. The largest absolute Gasteiger partial charge is 0.481 e. The number of pyridine rings is 1. The Kier molecular flexibility index (Phi) is 5.45. The minimum Gasteiger partial charge on any atom is -0.481 e. The molecule has 0 saturated carbocycles. The zero-order valence-electron chi connectivity index (χ0n) is 15.2. The van der Waals surface area contributed by atoms with E-state index >= 15 is 0 Å². The number of aromatic nitrogens is 4. The second-order valence-corrected chi connectivity index (χ2v) is 6.41. The lowest BCUT2D eigenvalue weighted by Crippen LogP contribution is -2.14. The van der Waals surface area contributed by atoms with Crippen LogP contribution < -0.4 is 15.4 Å². The first kappa shape index (κ1) is 19.2. The Bertz CT molecular complexity index is 1030. The number of aromatic carboxylic acids is 1. The Morgan fingerprint density at radius 2 is 1.93 bits per heavy atom. The molecule has 0 spiro atoms. The average molecular weight is 400 g/mol. The summed E-state index contributed by atoms with van der Waals surface area (Å²) in [5, 5.41) is 15.2. The van der Waals surface area contributed by atoms with Crippen LogP contribution in [0.2, 0.25) is 0 Å². The maximum Gasteiger partial charge on any atom is 0.356 e. The van der Waals surface area contributed by atoms with Crippen LogP contribution in [0.25, 0.3) is 0 Å². The van der Waals surface area contributed by atoms with Gasteiger partial charge in [0.25, 0.3) is 5.91 Å². The van der Waals surface area contributed by atoms with E-state index in [0.717, 1.165) is 11.5 Å². The van der Waals surface area contributed by atoms with Crippen LogP contribution in [0.5, 0.6) is 5.88 Å². The second-order valence-electron chi connectivity index (χ2n) is 5.63. The number of aryl methyl sites for hydroxylation is 2. The Morgan fingerprint density at radius 3 is 2.54 bits per heavy atom. The van der Waals surface area contributed by atoms with Gasteiger partial charge in [-0.3, -0.25) is 4.79 Å². The van der Waals surface area contributed by atoms with Crippen LogP contribution >= 0.6 is 11.5 Å². The number of rotatable bonds is 6. The van der Waals surface area contributed by atoms with E-state index in [0.29, 0.717) is 33.6 Å². The zero-order chi connectivity index (χ0) is 20.3. The number of amides is 1. The molecule has 1 amide bonds. The molecular weight excluding hydrogens is 384 g/mol. The van der Waals surface area contributed by atoms with Crippen LogP contribution in [0, 0.1) is 13.8 Å². The Labute approximate surface area is 163 Å². The Hall–Kier alpha value is -3.60. The van der Waals surface area contributed by atoms with Crippen LogP contribution in [0.3, 0.4) is 0 Å². The number of nitrogens with one attached hydrogen (secondary N) is 2. The van der Waals surface area contributed by atoms with Crippen LogP contribution in [-0.4, -0.2) is 43.4 Å². The highest BCUT2D eigenvalue weighted by Gasteiger charge is 2.20. The van der Waals surface area contributed by atoms with Crippen molar-refractivity contribution in [2.24, 2.45) is 0 Å². The van der Waals surface area contributed by atoms with Gasteiger partial charge in [-0.25, -0.2) is 19.7 Å². The van der Waals surface area contributed by atoms with Crippen LogP contribution in [0.1, 0.15) is 32.2 Å². The zero-order valence-corrected chi connectivity index (χ0v) is 16.0. The fraction of sp³-hybridized carbons (Fsp3) is 0.176. The molecule has 144 valence electrons. The molecule has 3 heterocycles. The quantitative estimate of drug-likeness (QED) is 0.569. The number of methoxy groups -OCH3 is 1. The summed E-state index contributed by atoms with van der Waals surface area (Å²) in [5.74, 6) is -0.773. The van der Waals surface area contributed by atoms with E-state index in [1.807, 2.05) is 0 Å². The summed E-state index contributed by atoms with van der Waals surface area (Å²) in [4.78, 5) is 35.9. The van der Waals surface area contributed by atoms with Crippen molar-refractivity contribution in [3.05, 3.63) is 47.2 Å². The van der Waals surface area contributed by atoms with Crippen LogP contribution in [0.15, 0.2) is 24.5 Å². The molecular formula is C17H16N6O4S. The lowest BCUT2D eigenvalue weighted by atomic mass is 10.2. The molecule has 3 rings (SSSR count). The SMILES string of the molecule is COc1ccc(NC(=O)c2c(C)nsc2Nc2cnc(C(=O)O)c(C)n2)cn1. The Morgan fingerprint density at radius 1 is 1.14 bits per heavy atom. The molecule has 10 nitrogen and oxygen atoms in total. The standard InChI is InChI=1S/C17H16N6O4S/c1-8-13(15(24)21-10-4-5-12(27-3)18-6-10)16(28-23-8)22-11-7-19-14(17(25)26)9(2)20-11/h4-7H,1-3H3,(H,20,22)(H,21,24)(H,25,26). The monoisotopic (exact) mass is 400 g/mol. The van der Waals surface area contributed by atoms with E-state index in [4.69, 9.17) is 9.84 Å². The van der Waals surface area contributed by atoms with Gasteiger partial charge in [0.1, 0.15) is 10.8 Å². The van der Waals surface area contributed by atoms with Crippen molar-refractivity contribution in [2.45, 2.75) is 13.8 Å². The number of carbonyl (C=O) groups excluding carboxylic acids is 1. The lowest BCUT2D eigenvalue weighted by molar-refractivity contribution is 0.0689. The molecule has 0 atom stereocenters. The summed E-state index contributed by atoms with van der Waals surface area (Å²) >= 11 is 1.09. The van der Waals surface area contributed by atoms with Gasteiger partial charge < -0.3 is 20.5 Å². The molecule has 0 radical (unpaired) electrons. The number of hydrogen-bond donors (Lipinski definition) is 3. The van der Waals surface area contributed by atoms with Crippen LogP contribution in [-0.2, 0) is 0 Å². The third kappa shape index (κ3) is 4.04. The highest BCUT2D eigenvalue weighted by atomic mass is 32.1. The topological polar surface area (TPSA) is 139 Å². The molecule has 0 bridgehead atoms. The highest BCUT2D eigenvalue weighted by Crippen LogP contribution is 2.28. The van der Waals surface area contributed by atoms with Crippen molar-refractivity contribution >= 4 is 39.9 Å².